The number of aromatic amines is 1. The monoisotopic (exact) mass is 532 g/mol. The Bertz CT molecular complexity index is 1700. The van der Waals surface area contributed by atoms with E-state index in [0.717, 1.165) is 15.9 Å². The van der Waals surface area contributed by atoms with E-state index in [1.165, 1.54) is 43.4 Å². The van der Waals surface area contributed by atoms with Crippen LogP contribution in [0.3, 0.4) is 0 Å². The number of halogens is 1. The average molecular weight is 533 g/mol. The number of benzene rings is 2. The number of H-pyrrole nitrogens is 1. The first kappa shape index (κ1) is 24.2. The third-order valence-electron chi connectivity index (χ3n) is 4.86. The molecule has 4 rings (SSSR count). The largest absolute Gasteiger partial charge is 0.384 e. The number of nitrogens with two attached hydrogens (primary N) is 1. The zero-order valence-electron chi connectivity index (χ0n) is 17.9. The zero-order chi connectivity index (χ0) is 25.3. The number of aliphatic imine (C=N–C) groups is 1. The number of thiophene rings is 1. The first-order valence-corrected chi connectivity index (χ1v) is 12.5. The molecule has 0 bridgehead atoms. The van der Waals surface area contributed by atoms with Crippen molar-refractivity contribution in [3.8, 4) is 5.69 Å². The van der Waals surface area contributed by atoms with E-state index in [9.17, 15) is 22.8 Å². The number of aromatic nitrogens is 2. The van der Waals surface area contributed by atoms with E-state index in [1.54, 1.807) is 18.2 Å². The molecule has 0 radical (unpaired) electrons. The molecule has 4 aromatic rings. The number of nitrogens with zero attached hydrogens (tertiary/aromatic N) is 2. The Morgan fingerprint density at radius 3 is 2.46 bits per heavy atom. The lowest BCUT2D eigenvalue weighted by molar-refractivity contribution is 0.256. The highest BCUT2D eigenvalue weighted by Gasteiger charge is 2.20. The van der Waals surface area contributed by atoms with Crippen LogP contribution in [0, 0.1) is 0 Å². The molecule has 0 unspecified atom stereocenters. The summed E-state index contributed by atoms with van der Waals surface area (Å²) >= 11 is 6.55. The zero-order valence-corrected chi connectivity index (χ0v) is 20.3. The summed E-state index contributed by atoms with van der Waals surface area (Å²) in [7, 11) is -2.56. The maximum absolute atomic E-state index is 13.0. The van der Waals surface area contributed by atoms with Gasteiger partial charge in [0.25, 0.3) is 15.6 Å². The lowest BCUT2D eigenvalue weighted by Crippen LogP contribution is -2.34. The minimum atomic E-state index is -4.09. The average Bonchev–Trinajstić information content (AvgIpc) is 3.26. The molecule has 0 saturated heterocycles. The van der Waals surface area contributed by atoms with Gasteiger partial charge in [-0.2, -0.15) is 0 Å². The summed E-state index contributed by atoms with van der Waals surface area (Å²) in [5.74, 6) is 0.260. The van der Waals surface area contributed by atoms with Crippen LogP contribution >= 0.6 is 22.9 Å². The van der Waals surface area contributed by atoms with Gasteiger partial charge in [0.05, 0.1) is 20.9 Å². The van der Waals surface area contributed by atoms with Crippen molar-refractivity contribution in [1.82, 2.24) is 14.3 Å². The second-order valence-corrected chi connectivity index (χ2v) is 10.7. The smallest absolute Gasteiger partial charge is 0.333 e. The van der Waals surface area contributed by atoms with Gasteiger partial charge in [0.1, 0.15) is 10.0 Å². The topological polar surface area (TPSA) is 169 Å². The molecule has 0 fully saturated rings. The number of amidine groups is 1. The second kappa shape index (κ2) is 9.37. The Morgan fingerprint density at radius 1 is 1.11 bits per heavy atom. The van der Waals surface area contributed by atoms with Gasteiger partial charge in [-0.1, -0.05) is 17.7 Å². The molecule has 0 aliphatic heterocycles. The van der Waals surface area contributed by atoms with E-state index in [2.05, 4.69) is 15.3 Å². The van der Waals surface area contributed by atoms with Gasteiger partial charge >= 0.3 is 11.7 Å². The fourth-order valence-corrected chi connectivity index (χ4v) is 5.60. The molecule has 35 heavy (non-hydrogen) atoms. The van der Waals surface area contributed by atoms with Crippen LogP contribution < -0.4 is 27.0 Å². The predicted molar refractivity (Wildman–Crippen MR) is 135 cm³/mol. The minimum Gasteiger partial charge on any atom is -0.384 e. The molecule has 5 N–H and O–H groups in total. The van der Waals surface area contributed by atoms with Crippen LogP contribution in [-0.4, -0.2) is 36.9 Å². The molecule has 0 spiro atoms. The van der Waals surface area contributed by atoms with Gasteiger partial charge in [-0.25, -0.2) is 27.3 Å². The van der Waals surface area contributed by atoms with Crippen LogP contribution in [-0.2, 0) is 10.0 Å². The van der Waals surface area contributed by atoms with Crippen molar-refractivity contribution in [2.45, 2.75) is 4.21 Å². The highest BCUT2D eigenvalue weighted by Crippen LogP contribution is 2.25. The van der Waals surface area contributed by atoms with Crippen molar-refractivity contribution in [2.75, 3.05) is 12.4 Å². The lowest BCUT2D eigenvalue weighted by atomic mass is 10.1. The van der Waals surface area contributed by atoms with E-state index in [0.29, 0.717) is 11.1 Å². The van der Waals surface area contributed by atoms with Crippen molar-refractivity contribution in [2.24, 2.45) is 10.7 Å². The van der Waals surface area contributed by atoms with Gasteiger partial charge in [0.15, 0.2) is 0 Å². The normalized spacial score (nSPS) is 12.0. The third-order valence-corrected chi connectivity index (χ3v) is 7.91. The van der Waals surface area contributed by atoms with E-state index in [-0.39, 0.29) is 31.1 Å². The lowest BCUT2D eigenvalue weighted by Gasteiger charge is -2.10. The maximum atomic E-state index is 13.0. The number of sulfonamides is 1. The molecule has 0 aliphatic rings. The quantitative estimate of drug-likeness (QED) is 0.227. The highest BCUT2D eigenvalue weighted by molar-refractivity contribution is 7.92. The van der Waals surface area contributed by atoms with Gasteiger partial charge in [-0.15, -0.1) is 11.3 Å². The van der Waals surface area contributed by atoms with Gasteiger partial charge in [0, 0.05) is 18.3 Å². The van der Waals surface area contributed by atoms with Crippen molar-refractivity contribution < 1.29 is 13.2 Å². The molecular weight excluding hydrogens is 516 g/mol. The maximum Gasteiger partial charge on any atom is 0.333 e. The SMILES string of the molecule is CN=C(N)c1ccc2c(=O)n(-c3ccc(NC(=O)NS(=O)(=O)c4ccc(Cl)s4)cc3)c(=O)[nH]c2c1. The molecule has 0 aliphatic carbocycles. The van der Waals surface area contributed by atoms with Crippen LogP contribution in [0.5, 0.6) is 0 Å². The molecule has 180 valence electrons. The molecule has 2 aromatic heterocycles. The Hall–Kier alpha value is -3.94. The fourth-order valence-electron chi connectivity index (χ4n) is 3.21. The van der Waals surface area contributed by atoms with Crippen LogP contribution in [0.15, 0.2) is 73.4 Å². The molecule has 0 saturated carbocycles. The summed E-state index contributed by atoms with van der Waals surface area (Å²) in [6.45, 7) is 0. The van der Waals surface area contributed by atoms with Crippen molar-refractivity contribution in [3.63, 3.8) is 0 Å². The number of carbonyl (C=O) groups excluding carboxylic acids is 1. The van der Waals surface area contributed by atoms with Crippen LogP contribution in [0.4, 0.5) is 10.5 Å². The summed E-state index contributed by atoms with van der Waals surface area (Å²) < 4.78 is 27.4. The summed E-state index contributed by atoms with van der Waals surface area (Å²) in [6.07, 6.45) is 0. The van der Waals surface area contributed by atoms with Crippen molar-refractivity contribution in [1.29, 1.82) is 0 Å². The van der Waals surface area contributed by atoms with Crippen molar-refractivity contribution in [3.05, 3.63) is 85.3 Å². The molecule has 2 aromatic carbocycles. The number of anilines is 1. The van der Waals surface area contributed by atoms with Crippen LogP contribution in [0.25, 0.3) is 16.6 Å². The van der Waals surface area contributed by atoms with E-state index in [1.807, 2.05) is 4.72 Å². The van der Waals surface area contributed by atoms with Crippen LogP contribution in [0.2, 0.25) is 4.34 Å². The molecule has 14 heteroatoms. The van der Waals surface area contributed by atoms with E-state index in [4.69, 9.17) is 17.3 Å². The molecule has 11 nitrogen and oxygen atoms in total. The number of nitrogens with one attached hydrogen (secondary N) is 3. The predicted octanol–water partition coefficient (Wildman–Crippen LogP) is 2.24. The summed E-state index contributed by atoms with van der Waals surface area (Å²) in [5, 5.41) is 2.64. The number of fused-ring (bicyclic) bond motifs is 1. The summed E-state index contributed by atoms with van der Waals surface area (Å²) in [6, 6.07) is 12.1. The van der Waals surface area contributed by atoms with Gasteiger partial charge in [0.2, 0.25) is 0 Å². The molecule has 0 atom stereocenters. The number of rotatable bonds is 5. The molecule has 2 heterocycles. The Labute approximate surface area is 206 Å². The first-order chi connectivity index (χ1) is 16.6. The number of carbonyl (C=O) groups is 1. The Balaban J connectivity index is 1.57. The second-order valence-electron chi connectivity index (χ2n) is 7.10. The number of amides is 2. The highest BCUT2D eigenvalue weighted by atomic mass is 35.5. The number of hydrogen-bond donors (Lipinski definition) is 4. The van der Waals surface area contributed by atoms with Crippen molar-refractivity contribution >= 4 is 61.4 Å². The van der Waals surface area contributed by atoms with E-state index >= 15 is 0 Å². The van der Waals surface area contributed by atoms with Gasteiger partial charge in [-0.3, -0.25) is 9.79 Å². The van der Waals surface area contributed by atoms with Gasteiger partial charge < -0.3 is 16.0 Å². The Morgan fingerprint density at radius 2 is 1.83 bits per heavy atom. The first-order valence-electron chi connectivity index (χ1n) is 9.80. The van der Waals surface area contributed by atoms with Gasteiger partial charge in [-0.05, 0) is 48.5 Å². The minimum absolute atomic E-state index is 0.111. The Kier molecular flexibility index (Phi) is 6.47. The molecular formula is C21H17ClN6O5S2. The third kappa shape index (κ3) is 4.96. The number of hydrogen-bond acceptors (Lipinski definition) is 7. The van der Waals surface area contributed by atoms with Crippen LogP contribution in [0.1, 0.15) is 5.56 Å². The standard InChI is InChI=1S/C21H17ClN6O5S2/c1-24-18(23)11-2-7-14-15(10-11)26-21(31)28(19(14)29)13-5-3-12(4-6-13)25-20(30)27-35(32,33)17-9-8-16(22)34-17/h2-10H,1H3,(H2,23,24)(H,26,31)(H2,25,27,30). The van der Waals surface area contributed by atoms with E-state index < -0.39 is 27.3 Å². The summed E-state index contributed by atoms with van der Waals surface area (Å²) in [4.78, 5) is 44.3. The molecule has 2 amide bonds. The number of urea groups is 1. The summed E-state index contributed by atoms with van der Waals surface area (Å²) in [5.41, 5.74) is 5.91. The fraction of sp³-hybridized carbons (Fsp3) is 0.0476.